The van der Waals surface area contributed by atoms with Crippen LogP contribution >= 0.6 is 0 Å². The second-order valence-electron chi connectivity index (χ2n) is 6.84. The highest BCUT2D eigenvalue weighted by Gasteiger charge is 2.25. The molecule has 1 saturated heterocycles. The number of amides is 1. The summed E-state index contributed by atoms with van der Waals surface area (Å²) in [7, 11) is 0. The molecule has 1 heterocycles. The third kappa shape index (κ3) is 4.68. The van der Waals surface area contributed by atoms with Crippen molar-refractivity contribution < 1.29 is 4.79 Å². The monoisotopic (exact) mass is 322 g/mol. The van der Waals surface area contributed by atoms with E-state index in [4.69, 9.17) is 0 Å². The third-order valence-corrected chi connectivity index (χ3v) is 4.55. The van der Waals surface area contributed by atoms with Crippen molar-refractivity contribution in [2.45, 2.75) is 26.4 Å². The largest absolute Gasteiger partial charge is 0.342 e. The van der Waals surface area contributed by atoms with Gasteiger partial charge in [0.1, 0.15) is 0 Å². The van der Waals surface area contributed by atoms with Crippen LogP contribution in [0.4, 0.5) is 0 Å². The number of hydrogen-bond donors (Lipinski definition) is 0. The quantitative estimate of drug-likeness (QED) is 0.694. The van der Waals surface area contributed by atoms with Gasteiger partial charge in [0.15, 0.2) is 0 Å². The lowest BCUT2D eigenvalue weighted by Gasteiger charge is -2.35. The van der Waals surface area contributed by atoms with Crippen molar-refractivity contribution in [1.29, 1.82) is 0 Å². The summed E-state index contributed by atoms with van der Waals surface area (Å²) >= 11 is 0. The zero-order chi connectivity index (χ0) is 16.8. The van der Waals surface area contributed by atoms with Crippen molar-refractivity contribution in [2.24, 2.45) is 5.92 Å². The summed E-state index contributed by atoms with van der Waals surface area (Å²) in [6.07, 6.45) is 0.727. The molecule has 0 spiro atoms. The van der Waals surface area contributed by atoms with E-state index in [0.29, 0.717) is 11.8 Å². The molecule has 0 aromatic heterocycles. The van der Waals surface area contributed by atoms with E-state index in [1.165, 1.54) is 11.1 Å². The summed E-state index contributed by atoms with van der Waals surface area (Å²) in [6.45, 7) is 6.92. The normalized spacial score (nSPS) is 15.4. The fourth-order valence-electron chi connectivity index (χ4n) is 3.30. The Hall–Kier alpha value is -2.13. The summed E-state index contributed by atoms with van der Waals surface area (Å²) in [4.78, 5) is 16.0. The summed E-state index contributed by atoms with van der Waals surface area (Å²) in [5.41, 5.74) is 2.67. The molecule has 2 aromatic carbocycles. The van der Waals surface area contributed by atoms with E-state index in [0.717, 1.165) is 39.1 Å². The van der Waals surface area contributed by atoms with Crippen LogP contribution < -0.4 is 0 Å². The van der Waals surface area contributed by atoms with E-state index in [2.05, 4.69) is 72.5 Å². The van der Waals surface area contributed by atoms with Crippen LogP contribution in [0.2, 0.25) is 0 Å². The van der Waals surface area contributed by atoms with E-state index in [-0.39, 0.29) is 0 Å². The van der Waals surface area contributed by atoms with Crippen LogP contribution in [0.3, 0.4) is 0 Å². The summed E-state index contributed by atoms with van der Waals surface area (Å²) < 4.78 is 0. The number of carbonyl (C=O) groups excluding carboxylic acids is 1. The molecule has 1 amide bonds. The van der Waals surface area contributed by atoms with Gasteiger partial charge in [-0.2, -0.15) is 0 Å². The van der Waals surface area contributed by atoms with Gasteiger partial charge in [0.05, 0.1) is 0 Å². The number of β-lactam (4-membered cyclic amide) rings is 1. The minimum Gasteiger partial charge on any atom is -0.342 e. The van der Waals surface area contributed by atoms with E-state index >= 15 is 0 Å². The minimum absolute atomic E-state index is 0.305. The predicted molar refractivity (Wildman–Crippen MR) is 97.4 cm³/mol. The van der Waals surface area contributed by atoms with Crippen LogP contribution in [-0.2, 0) is 17.9 Å². The second-order valence-corrected chi connectivity index (χ2v) is 6.84. The standard InChI is InChI=1S/C21H26N2O/c1-18(15-23-13-12-21(23)24)14-22(16-19-8-4-2-5-9-19)17-20-10-6-3-7-11-20/h2-11,18H,12-17H2,1H3. The molecule has 0 radical (unpaired) electrons. The van der Waals surface area contributed by atoms with Crippen LogP contribution in [0.15, 0.2) is 60.7 Å². The highest BCUT2D eigenvalue weighted by atomic mass is 16.2. The highest BCUT2D eigenvalue weighted by molar-refractivity contribution is 5.81. The van der Waals surface area contributed by atoms with Crippen molar-refractivity contribution in [2.75, 3.05) is 19.6 Å². The summed E-state index contributed by atoms with van der Waals surface area (Å²) in [6, 6.07) is 21.2. The van der Waals surface area contributed by atoms with Crippen LogP contribution in [0.25, 0.3) is 0 Å². The molecule has 0 N–H and O–H groups in total. The topological polar surface area (TPSA) is 23.6 Å². The smallest absolute Gasteiger partial charge is 0.224 e. The van der Waals surface area contributed by atoms with Gasteiger partial charge in [-0.15, -0.1) is 0 Å². The average Bonchev–Trinajstić information content (AvgIpc) is 2.60. The zero-order valence-corrected chi connectivity index (χ0v) is 14.4. The molecule has 0 aliphatic carbocycles. The first kappa shape index (κ1) is 16.7. The zero-order valence-electron chi connectivity index (χ0n) is 14.4. The number of nitrogens with zero attached hydrogens (tertiary/aromatic N) is 2. The maximum absolute atomic E-state index is 11.5. The second kappa shape index (κ2) is 8.11. The SMILES string of the molecule is CC(CN(Cc1ccccc1)Cc1ccccc1)CN1CCC1=O. The minimum atomic E-state index is 0.305. The van der Waals surface area contributed by atoms with Crippen molar-refractivity contribution in [1.82, 2.24) is 9.80 Å². The molecule has 3 heteroatoms. The Balaban J connectivity index is 1.63. The Kier molecular flexibility index (Phi) is 5.65. The Morgan fingerprint density at radius 3 is 1.92 bits per heavy atom. The van der Waals surface area contributed by atoms with E-state index in [1.54, 1.807) is 0 Å². The van der Waals surface area contributed by atoms with Gasteiger partial charge in [0.25, 0.3) is 0 Å². The molecule has 1 atom stereocenters. The number of rotatable bonds is 8. The Morgan fingerprint density at radius 1 is 0.958 bits per heavy atom. The Bertz CT molecular complexity index is 600. The molecule has 126 valence electrons. The molecular formula is C21H26N2O. The van der Waals surface area contributed by atoms with E-state index < -0.39 is 0 Å². The molecule has 0 saturated carbocycles. The highest BCUT2D eigenvalue weighted by Crippen LogP contribution is 2.16. The first-order chi connectivity index (χ1) is 11.7. The van der Waals surface area contributed by atoms with Crippen molar-refractivity contribution in [3.8, 4) is 0 Å². The molecule has 0 bridgehead atoms. The van der Waals surface area contributed by atoms with Crippen LogP contribution in [0.5, 0.6) is 0 Å². The van der Waals surface area contributed by atoms with Gasteiger partial charge >= 0.3 is 0 Å². The molecule has 1 unspecified atom stereocenters. The molecule has 1 aliphatic rings. The molecule has 1 fully saturated rings. The van der Waals surface area contributed by atoms with Crippen LogP contribution in [-0.4, -0.2) is 35.3 Å². The first-order valence-corrected chi connectivity index (χ1v) is 8.78. The fraction of sp³-hybridized carbons (Fsp3) is 0.381. The maximum Gasteiger partial charge on any atom is 0.224 e. The molecular weight excluding hydrogens is 296 g/mol. The van der Waals surface area contributed by atoms with Gasteiger partial charge in [-0.1, -0.05) is 67.6 Å². The predicted octanol–water partition coefficient (Wildman–Crippen LogP) is 3.56. The number of benzene rings is 2. The lowest BCUT2D eigenvalue weighted by atomic mass is 10.1. The molecule has 24 heavy (non-hydrogen) atoms. The molecule has 1 aliphatic heterocycles. The van der Waals surface area contributed by atoms with Crippen molar-refractivity contribution >= 4 is 5.91 Å². The molecule has 3 nitrogen and oxygen atoms in total. The van der Waals surface area contributed by atoms with Crippen molar-refractivity contribution in [3.63, 3.8) is 0 Å². The number of carbonyl (C=O) groups is 1. The first-order valence-electron chi connectivity index (χ1n) is 8.78. The number of hydrogen-bond acceptors (Lipinski definition) is 2. The molecule has 2 aromatic rings. The van der Waals surface area contributed by atoms with Crippen LogP contribution in [0.1, 0.15) is 24.5 Å². The number of likely N-dealkylation sites (tertiary alicyclic amines) is 1. The summed E-state index contributed by atoms with van der Waals surface area (Å²) in [5, 5.41) is 0. The fourth-order valence-corrected chi connectivity index (χ4v) is 3.30. The van der Waals surface area contributed by atoms with Gasteiger partial charge in [-0.3, -0.25) is 9.69 Å². The van der Waals surface area contributed by atoms with Gasteiger partial charge in [-0.05, 0) is 17.0 Å². The lowest BCUT2D eigenvalue weighted by molar-refractivity contribution is -0.140. The van der Waals surface area contributed by atoms with Crippen molar-refractivity contribution in [3.05, 3.63) is 71.8 Å². The lowest BCUT2D eigenvalue weighted by Crippen LogP contribution is -2.47. The maximum atomic E-state index is 11.5. The van der Waals surface area contributed by atoms with Gasteiger partial charge in [-0.25, -0.2) is 0 Å². The van der Waals surface area contributed by atoms with Gasteiger partial charge < -0.3 is 4.90 Å². The Morgan fingerprint density at radius 2 is 1.50 bits per heavy atom. The van der Waals surface area contributed by atoms with Gasteiger partial charge in [0, 0.05) is 39.1 Å². The summed E-state index contributed by atoms with van der Waals surface area (Å²) in [5.74, 6) is 0.779. The van der Waals surface area contributed by atoms with Gasteiger partial charge in [0.2, 0.25) is 5.91 Å². The Labute approximate surface area is 144 Å². The molecule has 3 rings (SSSR count). The van der Waals surface area contributed by atoms with E-state index in [1.807, 2.05) is 4.90 Å². The van der Waals surface area contributed by atoms with E-state index in [9.17, 15) is 4.79 Å². The third-order valence-electron chi connectivity index (χ3n) is 4.55. The average molecular weight is 322 g/mol. The van der Waals surface area contributed by atoms with Crippen LogP contribution in [0, 0.1) is 5.92 Å².